The summed E-state index contributed by atoms with van der Waals surface area (Å²) in [6, 6.07) is -0.915. The molecule has 0 aromatic rings. The zero-order valence-corrected chi connectivity index (χ0v) is 8.32. The number of aliphatic hydroxyl groups excluding tert-OH is 1. The van der Waals surface area contributed by atoms with Crippen molar-refractivity contribution in [2.45, 2.75) is 45.3 Å². The first-order valence-electron chi connectivity index (χ1n) is 4.69. The van der Waals surface area contributed by atoms with Crippen LogP contribution in [0, 0.1) is 0 Å². The van der Waals surface area contributed by atoms with Gasteiger partial charge in [-0.2, -0.15) is 0 Å². The first-order valence-corrected chi connectivity index (χ1v) is 4.69. The summed E-state index contributed by atoms with van der Waals surface area (Å²) < 4.78 is 4.84. The molecule has 0 saturated heterocycles. The Hall–Kier alpha value is -0.610. The van der Waals surface area contributed by atoms with Crippen molar-refractivity contribution < 1.29 is 14.6 Å². The third kappa shape index (κ3) is 5.60. The summed E-state index contributed by atoms with van der Waals surface area (Å²) in [7, 11) is 0. The fourth-order valence-corrected chi connectivity index (χ4v) is 0.818. The second-order valence-electron chi connectivity index (χ2n) is 3.14. The van der Waals surface area contributed by atoms with Gasteiger partial charge in [0, 0.05) is 0 Å². The molecule has 0 aliphatic rings. The van der Waals surface area contributed by atoms with Crippen molar-refractivity contribution in [2.24, 2.45) is 5.73 Å². The van der Waals surface area contributed by atoms with Gasteiger partial charge in [0.05, 0.1) is 12.7 Å². The summed E-state index contributed by atoms with van der Waals surface area (Å²) in [6.07, 6.45) is 2.13. The van der Waals surface area contributed by atoms with Crippen LogP contribution in [-0.2, 0) is 9.53 Å². The number of unbranched alkanes of at least 4 members (excludes halogenated alkanes) is 2. The maximum absolute atomic E-state index is 11.0. The molecule has 78 valence electrons. The molecule has 0 radical (unpaired) electrons. The number of nitrogens with two attached hydrogens (primary N) is 1. The van der Waals surface area contributed by atoms with Crippen LogP contribution in [-0.4, -0.2) is 29.8 Å². The molecule has 0 aromatic heterocycles. The van der Waals surface area contributed by atoms with Crippen LogP contribution in [0.2, 0.25) is 0 Å². The largest absolute Gasteiger partial charge is 0.464 e. The highest BCUT2D eigenvalue weighted by Crippen LogP contribution is 1.97. The van der Waals surface area contributed by atoms with Crippen molar-refractivity contribution >= 4 is 5.97 Å². The van der Waals surface area contributed by atoms with Crippen molar-refractivity contribution in [1.29, 1.82) is 0 Å². The minimum atomic E-state index is -0.915. The van der Waals surface area contributed by atoms with Crippen molar-refractivity contribution in [3.63, 3.8) is 0 Å². The van der Waals surface area contributed by atoms with Gasteiger partial charge in [0.2, 0.25) is 0 Å². The quantitative estimate of drug-likeness (QED) is 0.469. The fraction of sp³-hybridized carbons (Fsp3) is 0.889. The first kappa shape index (κ1) is 12.4. The topological polar surface area (TPSA) is 72.5 Å². The molecule has 3 N–H and O–H groups in total. The molecular weight excluding hydrogens is 170 g/mol. The number of aliphatic hydroxyl groups is 1. The van der Waals surface area contributed by atoms with Gasteiger partial charge in [-0.15, -0.1) is 0 Å². The van der Waals surface area contributed by atoms with Crippen molar-refractivity contribution in [2.75, 3.05) is 6.61 Å². The summed E-state index contributed by atoms with van der Waals surface area (Å²) in [5, 5.41) is 8.97. The minimum absolute atomic E-state index is 0.396. The summed E-state index contributed by atoms with van der Waals surface area (Å²) in [6.45, 7) is 3.94. The van der Waals surface area contributed by atoms with E-state index in [0.29, 0.717) is 6.61 Å². The Balaban J connectivity index is 3.50. The predicted octanol–water partition coefficient (Wildman–Crippen LogP) is 0.428. The van der Waals surface area contributed by atoms with Crippen LogP contribution in [0.15, 0.2) is 0 Å². The Kier molecular flexibility index (Phi) is 6.54. The molecular formula is C9H19NO3. The third-order valence-electron chi connectivity index (χ3n) is 1.78. The SMILES string of the molecule is CCCCCOC(=O)C(N)C(C)O. The van der Waals surface area contributed by atoms with E-state index in [4.69, 9.17) is 15.6 Å². The van der Waals surface area contributed by atoms with E-state index in [2.05, 4.69) is 6.92 Å². The van der Waals surface area contributed by atoms with E-state index < -0.39 is 18.1 Å². The van der Waals surface area contributed by atoms with Gasteiger partial charge in [-0.3, -0.25) is 4.79 Å². The highest BCUT2D eigenvalue weighted by atomic mass is 16.5. The molecule has 0 rings (SSSR count). The molecule has 2 unspecified atom stereocenters. The number of rotatable bonds is 6. The lowest BCUT2D eigenvalue weighted by Gasteiger charge is -2.13. The van der Waals surface area contributed by atoms with Gasteiger partial charge in [-0.25, -0.2) is 0 Å². The lowest BCUT2D eigenvalue weighted by Crippen LogP contribution is -2.41. The molecule has 4 heteroatoms. The number of carbonyl (C=O) groups excluding carboxylic acids is 1. The van der Waals surface area contributed by atoms with Crippen molar-refractivity contribution in [1.82, 2.24) is 0 Å². The standard InChI is InChI=1S/C9H19NO3/c1-3-4-5-6-13-9(12)8(10)7(2)11/h7-8,11H,3-6,10H2,1-2H3. The number of hydrogen-bond acceptors (Lipinski definition) is 4. The molecule has 0 spiro atoms. The molecule has 0 fully saturated rings. The lowest BCUT2D eigenvalue weighted by molar-refractivity contribution is -0.147. The zero-order valence-electron chi connectivity index (χ0n) is 8.32. The van der Waals surface area contributed by atoms with Crippen LogP contribution in [0.4, 0.5) is 0 Å². The Bertz CT molecular complexity index is 148. The minimum Gasteiger partial charge on any atom is -0.464 e. The molecule has 0 aromatic carbocycles. The molecule has 0 saturated carbocycles. The van der Waals surface area contributed by atoms with Crippen molar-refractivity contribution in [3.05, 3.63) is 0 Å². The van der Waals surface area contributed by atoms with Gasteiger partial charge in [0.15, 0.2) is 0 Å². The van der Waals surface area contributed by atoms with Gasteiger partial charge in [-0.05, 0) is 13.3 Å². The van der Waals surface area contributed by atoms with E-state index in [1.807, 2.05) is 0 Å². The Labute approximate surface area is 79.1 Å². The molecule has 0 bridgehead atoms. The Morgan fingerprint density at radius 3 is 2.62 bits per heavy atom. The molecule has 0 aliphatic heterocycles. The third-order valence-corrected chi connectivity index (χ3v) is 1.78. The first-order chi connectivity index (χ1) is 6.09. The van der Waals surface area contributed by atoms with Crippen LogP contribution < -0.4 is 5.73 Å². The molecule has 0 aliphatic carbocycles. The summed E-state index contributed by atoms with van der Waals surface area (Å²) >= 11 is 0. The van der Waals surface area contributed by atoms with E-state index in [9.17, 15) is 4.79 Å². The van der Waals surface area contributed by atoms with Crippen molar-refractivity contribution in [3.8, 4) is 0 Å². The molecule has 2 atom stereocenters. The number of hydrogen-bond donors (Lipinski definition) is 2. The molecule has 0 amide bonds. The van der Waals surface area contributed by atoms with Gasteiger partial charge < -0.3 is 15.6 Å². The van der Waals surface area contributed by atoms with Gasteiger partial charge >= 0.3 is 5.97 Å². The number of esters is 1. The van der Waals surface area contributed by atoms with Crippen LogP contribution in [0.5, 0.6) is 0 Å². The normalized spacial score (nSPS) is 15.1. The van der Waals surface area contributed by atoms with E-state index >= 15 is 0 Å². The zero-order chi connectivity index (χ0) is 10.3. The Morgan fingerprint density at radius 1 is 1.54 bits per heavy atom. The summed E-state index contributed by atoms with van der Waals surface area (Å²) in [4.78, 5) is 11.0. The molecule has 4 nitrogen and oxygen atoms in total. The van der Waals surface area contributed by atoms with E-state index in [1.54, 1.807) is 0 Å². The van der Waals surface area contributed by atoms with Crippen LogP contribution in [0.25, 0.3) is 0 Å². The fourth-order valence-electron chi connectivity index (χ4n) is 0.818. The Morgan fingerprint density at radius 2 is 2.15 bits per heavy atom. The monoisotopic (exact) mass is 189 g/mol. The highest BCUT2D eigenvalue weighted by molar-refractivity contribution is 5.76. The maximum atomic E-state index is 11.0. The van der Waals surface area contributed by atoms with Crippen LogP contribution in [0.3, 0.4) is 0 Å². The second-order valence-corrected chi connectivity index (χ2v) is 3.14. The van der Waals surface area contributed by atoms with Crippen LogP contribution >= 0.6 is 0 Å². The lowest BCUT2D eigenvalue weighted by atomic mass is 10.2. The van der Waals surface area contributed by atoms with E-state index in [-0.39, 0.29) is 0 Å². The molecule has 13 heavy (non-hydrogen) atoms. The maximum Gasteiger partial charge on any atom is 0.325 e. The number of ether oxygens (including phenoxy) is 1. The smallest absolute Gasteiger partial charge is 0.325 e. The second kappa shape index (κ2) is 6.86. The molecule has 0 heterocycles. The summed E-state index contributed by atoms with van der Waals surface area (Å²) in [5.74, 6) is -0.522. The number of carbonyl (C=O) groups is 1. The van der Waals surface area contributed by atoms with E-state index in [1.165, 1.54) is 6.92 Å². The average molecular weight is 189 g/mol. The van der Waals surface area contributed by atoms with E-state index in [0.717, 1.165) is 19.3 Å². The van der Waals surface area contributed by atoms with Gasteiger partial charge in [0.25, 0.3) is 0 Å². The van der Waals surface area contributed by atoms with Crippen LogP contribution in [0.1, 0.15) is 33.1 Å². The van der Waals surface area contributed by atoms with Gasteiger partial charge in [-0.1, -0.05) is 19.8 Å². The average Bonchev–Trinajstić information content (AvgIpc) is 2.10. The highest BCUT2D eigenvalue weighted by Gasteiger charge is 2.19. The van der Waals surface area contributed by atoms with Gasteiger partial charge in [0.1, 0.15) is 6.04 Å². The predicted molar refractivity (Wildman–Crippen MR) is 50.1 cm³/mol. The summed E-state index contributed by atoms with van der Waals surface area (Å²) in [5.41, 5.74) is 5.35.